The maximum Gasteiger partial charge on any atom is 0.161 e. The predicted molar refractivity (Wildman–Crippen MR) is 565 cm³/mol. The van der Waals surface area contributed by atoms with E-state index in [1.165, 1.54) is 97.1 Å². The van der Waals surface area contributed by atoms with Crippen molar-refractivity contribution in [1.82, 2.24) is 29.4 Å². The van der Waals surface area contributed by atoms with E-state index in [1.54, 1.807) is 6.07 Å². The first-order valence-corrected chi connectivity index (χ1v) is 46.4. The fourth-order valence-electron chi connectivity index (χ4n) is 19.2. The Morgan fingerprint density at radius 1 is 0.275 bits per heavy atom. The second-order valence-electron chi connectivity index (χ2n) is 37.9. The van der Waals surface area contributed by atoms with Gasteiger partial charge in [0.1, 0.15) is 0 Å². The molecule has 6 fully saturated rings. The predicted octanol–water partition coefficient (Wildman–Crippen LogP) is 19.7. The van der Waals surface area contributed by atoms with Crippen molar-refractivity contribution in [2.45, 2.75) is 298 Å². The standard InChI is InChI=1S/4C20H31NO3.2C19H29NO3/c4*1-20(2,3)11-14-12-21-7-6-13-8-18(23-4)19(24-5)9-15(13)16(21)10-17(14)22;2*1-12(2)7-14-11-20-6-5-13-8-18(22-3)19(23-4)9-15(13)16(20)10-17(14)21/h4*8-9,14,16-17,22H,6-7,10-12H2,1-5H3;2*8-9,12,14,16-17,21H,5-7,10-11H2,1-4H3/i2*1D3,2D3,5D3,6D2,7D2,11D2,16D;2*1D3,2D3,6D2,7D2,11D2,16D;4D3,5D2,6D2,16D;5D2,6D2,16D. The van der Waals surface area contributed by atoms with Gasteiger partial charge in [0.2, 0.25) is 0 Å². The van der Waals surface area contributed by atoms with Crippen LogP contribution < -0.4 is 56.8 Å². The number of rotatable bonds is 20. The summed E-state index contributed by atoms with van der Waals surface area (Å²) in [7, 11) is 2.94. The molecule has 18 atom stereocenters. The highest BCUT2D eigenvalue weighted by atomic mass is 16.5. The number of benzene rings is 6. The van der Waals surface area contributed by atoms with Crippen molar-refractivity contribution >= 4 is 0 Å². The van der Waals surface area contributed by atoms with Crippen LogP contribution in [0.4, 0.5) is 0 Å². The van der Waals surface area contributed by atoms with Crippen LogP contribution in [0, 0.1) is 69.0 Å². The molecule has 6 aromatic carbocycles. The molecule has 0 radical (unpaired) electrons. The number of hydrogen-bond donors (Lipinski definition) is 6. The molecule has 0 spiro atoms. The van der Waals surface area contributed by atoms with Gasteiger partial charge in [-0.05, 0) is 324 Å². The molecule has 24 heteroatoms. The molecule has 12 aliphatic heterocycles. The van der Waals surface area contributed by atoms with E-state index in [0.29, 0.717) is 53.7 Å². The first-order chi connectivity index (χ1) is 95.1. The van der Waals surface area contributed by atoms with Crippen LogP contribution in [-0.2, 0) is 38.2 Å². The van der Waals surface area contributed by atoms with E-state index >= 15 is 0 Å². The van der Waals surface area contributed by atoms with Crippen molar-refractivity contribution < 1.29 is 185 Å². The minimum atomic E-state index is -3.41. The highest BCUT2D eigenvalue weighted by molar-refractivity contribution is 5.55. The SMILES string of the molecule is [2H]C([2H])([2H])Oc1cc2c(cc1OC)C([2H])([2H])C([2H])([2H])N1CC(C([2H])([2H])C(C)(C([2H])([2H])[2H])C([2H])([2H])[2H])C(O)CC21[2H].[2H]C([2H])([2H])Oc1cc2c(cc1OC)C([2H])([2H])C([2H])([2H])N1CC(C([2H])([2H])C(C)(C([2H])([2H])[2H])C([2H])([2H])[2H])C(O)CC21[2H].[2H]C([2H])([2H])Oc1cc2c(cc1OC)C([2H])([2H])C([2H])([2H])N1CC(CC(C)C)C(O)CC21[2H].[2H]C12CC(O)C(C([2H])([2H])C(C)(C([2H])([2H])[2H])C([2H])([2H])[2H])CN1C([2H])([2H])C([2H])([2H])c1cc(OC)c(OC)cc12.[2H]C12CC(O)C(C([2H])([2H])C(C)(C([2H])([2H])[2H])C([2H])([2H])[2H])CN1C([2H])([2H])C([2H])([2H])c1cc(OC)c(OC)cc12.[2H]C12CC(O)C(CC(C)C)CN1C([2H])([2H])C([2H])([2H])c1cc(OC)c(OC)cc12. The molecule has 0 aliphatic carbocycles. The minimum absolute atomic E-state index is 0.00244. The zero-order valence-electron chi connectivity index (χ0n) is 154. The molecule has 6 aromatic rings. The van der Waals surface area contributed by atoms with Crippen molar-refractivity contribution in [3.8, 4) is 69.0 Å². The van der Waals surface area contributed by atoms with E-state index in [2.05, 4.69) is 0 Å². The van der Waals surface area contributed by atoms with Crippen molar-refractivity contribution in [2.75, 3.05) is 163 Å². The first kappa shape index (κ1) is 50.6. The molecule has 792 valence electrons. The van der Waals surface area contributed by atoms with E-state index in [1.807, 2.05) is 27.7 Å². The lowest BCUT2D eigenvalue weighted by molar-refractivity contribution is -0.0259. The second kappa shape index (κ2) is 48.2. The van der Waals surface area contributed by atoms with E-state index in [0.717, 1.165) is 67.0 Å². The van der Waals surface area contributed by atoms with Gasteiger partial charge in [0, 0.05) is 191 Å². The number of ether oxygens (including phenoxy) is 12. The Bertz CT molecular complexity index is 8050. The largest absolute Gasteiger partial charge is 0.493 e. The van der Waals surface area contributed by atoms with E-state index in [4.69, 9.17) is 147 Å². The highest BCUT2D eigenvalue weighted by Gasteiger charge is 2.48. The van der Waals surface area contributed by atoms with Gasteiger partial charge < -0.3 is 87.5 Å². The van der Waals surface area contributed by atoms with Crippen LogP contribution in [0.15, 0.2) is 72.8 Å². The van der Waals surface area contributed by atoms with E-state index in [9.17, 15) is 37.5 Å². The highest BCUT2D eigenvalue weighted by Crippen LogP contribution is 2.53. The molecule has 6 N–H and O–H groups in total. The van der Waals surface area contributed by atoms with Crippen molar-refractivity contribution in [3.63, 3.8) is 0 Å². The summed E-state index contributed by atoms with van der Waals surface area (Å²) >= 11 is 0. The Hall–Kier alpha value is -7.56. The van der Waals surface area contributed by atoms with Crippen LogP contribution in [0.2, 0.25) is 0 Å². The van der Waals surface area contributed by atoms with Gasteiger partial charge in [0.05, 0.1) is 142 Å². The van der Waals surface area contributed by atoms with Crippen LogP contribution in [0.3, 0.4) is 0 Å². The van der Waals surface area contributed by atoms with Gasteiger partial charge in [-0.25, -0.2) is 0 Å². The number of hydrogen-bond acceptors (Lipinski definition) is 24. The summed E-state index contributed by atoms with van der Waals surface area (Å²) in [6.07, 6.45) is -39.7. The summed E-state index contributed by atoms with van der Waals surface area (Å²) in [4.78, 5) is 5.15. The summed E-state index contributed by atoms with van der Waals surface area (Å²) in [5.74, 6) is -7.90. The second-order valence-corrected chi connectivity index (χ2v) is 37.9. The van der Waals surface area contributed by atoms with E-state index in [-0.39, 0.29) is 146 Å². The lowest BCUT2D eigenvalue weighted by atomic mass is 9.75. The third-order valence-electron chi connectivity index (χ3n) is 25.7. The molecular formula is C118H182N6O18. The molecule has 6 saturated heterocycles. The average molecular weight is 2040 g/mol. The topological polar surface area (TPSA) is 252 Å². The van der Waals surface area contributed by atoms with Crippen LogP contribution >= 0.6 is 0 Å². The molecule has 0 aromatic heterocycles. The number of aliphatic hydroxyl groups is 6. The van der Waals surface area contributed by atoms with Gasteiger partial charge in [-0.3, -0.25) is 29.4 Å². The van der Waals surface area contributed by atoms with Crippen molar-refractivity contribution in [2.24, 2.45) is 69.0 Å². The van der Waals surface area contributed by atoms with Crippen LogP contribution in [-0.4, -0.2) is 260 Å². The maximum atomic E-state index is 11.2. The molecule has 0 amide bonds. The Morgan fingerprint density at radius 3 is 0.585 bits per heavy atom. The van der Waals surface area contributed by atoms with E-state index < -0.39 is 371 Å². The third-order valence-corrected chi connectivity index (χ3v) is 25.7. The Balaban J connectivity index is 0.000000204. The number of aliphatic hydroxyl groups excluding tert-OH is 6. The minimum Gasteiger partial charge on any atom is -0.493 e. The van der Waals surface area contributed by atoms with Gasteiger partial charge in [0.25, 0.3) is 0 Å². The summed E-state index contributed by atoms with van der Waals surface area (Å²) in [6, 6.07) is 2.09. The van der Waals surface area contributed by atoms with Crippen LogP contribution in [0.25, 0.3) is 0 Å². The Kier molecular flexibility index (Phi) is 17.2. The van der Waals surface area contributed by atoms with Gasteiger partial charge in [-0.2, -0.15) is 0 Å². The lowest BCUT2D eigenvalue weighted by Gasteiger charge is -2.47. The average Bonchev–Trinajstić information content (AvgIpc) is 0.678. The fourth-order valence-corrected chi connectivity index (χ4v) is 19.2. The molecule has 0 saturated carbocycles. The quantitative estimate of drug-likeness (QED) is 0.0415. The molecule has 0 bridgehead atoms. The molecule has 18 rings (SSSR count). The van der Waals surface area contributed by atoms with Crippen molar-refractivity contribution in [3.05, 3.63) is 140 Å². The summed E-state index contributed by atoms with van der Waals surface area (Å²) in [5.41, 5.74) is -13.6. The van der Waals surface area contributed by atoms with Gasteiger partial charge in [0.15, 0.2) is 69.0 Å². The smallest absolute Gasteiger partial charge is 0.161 e. The number of nitrogens with zero attached hydrogens (tertiary/aromatic N) is 6. The van der Waals surface area contributed by atoms with Crippen molar-refractivity contribution in [1.29, 1.82) is 0 Å². The number of piperidine rings is 6. The van der Waals surface area contributed by atoms with Crippen LogP contribution in [0.5, 0.6) is 69.0 Å². The zero-order valence-corrected chi connectivity index (χ0v) is 82.7. The van der Waals surface area contributed by atoms with Gasteiger partial charge in [-0.1, -0.05) is 110 Å². The summed E-state index contributed by atoms with van der Waals surface area (Å²) in [6.45, 7) is -36.6. The monoisotopic (exact) mass is 2040 g/mol. The Labute approximate surface area is 952 Å². The molecule has 12 heterocycles. The third kappa shape index (κ3) is 27.1. The number of methoxy groups -OCH3 is 12. The molecule has 18 unspecified atom stereocenters. The lowest BCUT2D eigenvalue weighted by Crippen LogP contribution is -2.48. The number of aryl methyl sites for hydroxylation is 6. The molecular weight excluding hydrogens is 1790 g/mol. The molecule has 24 nitrogen and oxygen atoms in total. The molecule has 142 heavy (non-hydrogen) atoms. The van der Waals surface area contributed by atoms with Gasteiger partial charge >= 0.3 is 0 Å². The Morgan fingerprint density at radius 2 is 0.430 bits per heavy atom. The first-order valence-electron chi connectivity index (χ1n) is 81.9. The van der Waals surface area contributed by atoms with Crippen LogP contribution in [0.1, 0.15) is 387 Å². The number of fused-ring (bicyclic) bond motifs is 18. The zero-order chi connectivity index (χ0) is 165. The fraction of sp³-hybridized carbons (Fsp3) is 0.695. The van der Waals surface area contributed by atoms with Gasteiger partial charge in [-0.15, -0.1) is 0 Å². The molecule has 12 aliphatic rings. The normalized spacial score (nSPS) is 43.5. The summed E-state index contributed by atoms with van der Waals surface area (Å²) in [5, 5.41) is 66.2. The summed E-state index contributed by atoms with van der Waals surface area (Å²) < 4.78 is 650. The maximum absolute atomic E-state index is 11.2.